The molecule has 0 saturated heterocycles. The summed E-state index contributed by atoms with van der Waals surface area (Å²) in [5, 5.41) is 8.37. The molecule has 1 aromatic carbocycles. The van der Waals surface area contributed by atoms with Crippen LogP contribution >= 0.6 is 23.2 Å². The normalized spacial score (nSPS) is 13.7. The van der Waals surface area contributed by atoms with Crippen LogP contribution in [0.15, 0.2) is 18.2 Å². The van der Waals surface area contributed by atoms with E-state index in [9.17, 15) is 0 Å². The van der Waals surface area contributed by atoms with Crippen LogP contribution in [-0.2, 0) is 6.54 Å². The molecular weight excluding hydrogens is 267 g/mol. The second-order valence-electron chi connectivity index (χ2n) is 5.65. The lowest BCUT2D eigenvalue weighted by Crippen LogP contribution is -2.44. The summed E-state index contributed by atoms with van der Waals surface area (Å²) in [6.07, 6.45) is 0. The Kier molecular flexibility index (Phi) is 5.93. The molecule has 1 rings (SSSR count). The van der Waals surface area contributed by atoms with Gasteiger partial charge in [-0.1, -0.05) is 23.2 Å². The van der Waals surface area contributed by atoms with E-state index in [1.165, 1.54) is 0 Å². The zero-order chi connectivity index (χ0) is 13.8. The predicted molar refractivity (Wildman–Crippen MR) is 80.5 cm³/mol. The van der Waals surface area contributed by atoms with E-state index in [1.54, 1.807) is 6.07 Å². The SMILES string of the molecule is CC(CNC(C)(C)C)NCc1cc(Cl)ccc1Cl. The summed E-state index contributed by atoms with van der Waals surface area (Å²) in [6, 6.07) is 5.91. The molecule has 0 aliphatic carbocycles. The second-order valence-corrected chi connectivity index (χ2v) is 6.49. The monoisotopic (exact) mass is 288 g/mol. The lowest BCUT2D eigenvalue weighted by molar-refractivity contribution is 0.387. The quantitative estimate of drug-likeness (QED) is 0.860. The van der Waals surface area contributed by atoms with E-state index in [-0.39, 0.29) is 5.54 Å². The first-order valence-corrected chi connectivity index (χ1v) is 6.96. The zero-order valence-corrected chi connectivity index (χ0v) is 13.0. The van der Waals surface area contributed by atoms with Gasteiger partial charge in [-0.15, -0.1) is 0 Å². The fourth-order valence-corrected chi connectivity index (χ4v) is 1.87. The van der Waals surface area contributed by atoms with Gasteiger partial charge in [-0.25, -0.2) is 0 Å². The van der Waals surface area contributed by atoms with Crippen LogP contribution in [0.5, 0.6) is 0 Å². The first-order chi connectivity index (χ1) is 8.28. The first-order valence-electron chi connectivity index (χ1n) is 6.20. The molecule has 1 atom stereocenters. The van der Waals surface area contributed by atoms with Gasteiger partial charge in [0.25, 0.3) is 0 Å². The van der Waals surface area contributed by atoms with Crippen molar-refractivity contribution in [2.45, 2.75) is 45.8 Å². The Morgan fingerprint density at radius 2 is 1.89 bits per heavy atom. The summed E-state index contributed by atoms with van der Waals surface area (Å²) in [7, 11) is 0. The van der Waals surface area contributed by atoms with Crippen molar-refractivity contribution in [1.29, 1.82) is 0 Å². The smallest absolute Gasteiger partial charge is 0.0451 e. The predicted octanol–water partition coefficient (Wildman–Crippen LogP) is 3.86. The van der Waals surface area contributed by atoms with Gasteiger partial charge >= 0.3 is 0 Å². The van der Waals surface area contributed by atoms with Crippen LogP contribution in [0.1, 0.15) is 33.3 Å². The summed E-state index contributed by atoms with van der Waals surface area (Å²) >= 11 is 12.1. The highest BCUT2D eigenvalue weighted by molar-refractivity contribution is 6.33. The minimum Gasteiger partial charge on any atom is -0.311 e. The van der Waals surface area contributed by atoms with Crippen LogP contribution in [0, 0.1) is 0 Å². The largest absolute Gasteiger partial charge is 0.311 e. The molecule has 2 nitrogen and oxygen atoms in total. The van der Waals surface area contributed by atoms with Gasteiger partial charge in [0.15, 0.2) is 0 Å². The molecule has 1 unspecified atom stereocenters. The molecule has 0 spiro atoms. The Morgan fingerprint density at radius 1 is 1.22 bits per heavy atom. The van der Waals surface area contributed by atoms with E-state index >= 15 is 0 Å². The van der Waals surface area contributed by atoms with Gasteiger partial charge in [0, 0.05) is 34.7 Å². The van der Waals surface area contributed by atoms with Crippen molar-refractivity contribution < 1.29 is 0 Å². The summed E-state index contributed by atoms with van der Waals surface area (Å²) < 4.78 is 0. The molecule has 2 N–H and O–H groups in total. The minimum absolute atomic E-state index is 0.143. The number of halogens is 2. The Labute approximate surface area is 120 Å². The van der Waals surface area contributed by atoms with E-state index in [1.807, 2.05) is 12.1 Å². The zero-order valence-electron chi connectivity index (χ0n) is 11.5. The van der Waals surface area contributed by atoms with E-state index in [0.717, 1.165) is 28.7 Å². The van der Waals surface area contributed by atoms with Gasteiger partial charge in [-0.2, -0.15) is 0 Å². The van der Waals surface area contributed by atoms with Gasteiger partial charge in [0.05, 0.1) is 0 Å². The second kappa shape index (κ2) is 6.76. The lowest BCUT2D eigenvalue weighted by atomic mass is 10.1. The molecular formula is C14H22Cl2N2. The maximum absolute atomic E-state index is 6.12. The summed E-state index contributed by atoms with van der Waals surface area (Å²) in [5.74, 6) is 0. The third-order valence-corrected chi connectivity index (χ3v) is 3.19. The van der Waals surface area contributed by atoms with Crippen LogP contribution < -0.4 is 10.6 Å². The Balaban J connectivity index is 2.42. The molecule has 0 bridgehead atoms. The Morgan fingerprint density at radius 3 is 2.50 bits per heavy atom. The first kappa shape index (κ1) is 15.8. The minimum atomic E-state index is 0.143. The average molecular weight is 289 g/mol. The molecule has 18 heavy (non-hydrogen) atoms. The molecule has 0 aliphatic rings. The molecule has 0 heterocycles. The summed E-state index contributed by atoms with van der Waals surface area (Å²) in [6.45, 7) is 10.3. The summed E-state index contributed by atoms with van der Waals surface area (Å²) in [4.78, 5) is 0. The number of rotatable bonds is 5. The van der Waals surface area contributed by atoms with E-state index in [2.05, 4.69) is 38.3 Å². The van der Waals surface area contributed by atoms with E-state index in [4.69, 9.17) is 23.2 Å². The van der Waals surface area contributed by atoms with Crippen molar-refractivity contribution in [3.63, 3.8) is 0 Å². The molecule has 0 saturated carbocycles. The van der Waals surface area contributed by atoms with Crippen molar-refractivity contribution in [2.75, 3.05) is 6.54 Å². The highest BCUT2D eigenvalue weighted by Crippen LogP contribution is 2.20. The van der Waals surface area contributed by atoms with Gasteiger partial charge in [-0.3, -0.25) is 0 Å². The van der Waals surface area contributed by atoms with Crippen molar-refractivity contribution >= 4 is 23.2 Å². The number of hydrogen-bond acceptors (Lipinski definition) is 2. The highest BCUT2D eigenvalue weighted by atomic mass is 35.5. The third kappa shape index (κ3) is 6.05. The van der Waals surface area contributed by atoms with Crippen molar-refractivity contribution in [3.8, 4) is 0 Å². The summed E-state index contributed by atoms with van der Waals surface area (Å²) in [5.41, 5.74) is 1.18. The van der Waals surface area contributed by atoms with Gasteiger partial charge in [0.2, 0.25) is 0 Å². The topological polar surface area (TPSA) is 24.1 Å². The van der Waals surface area contributed by atoms with Crippen LogP contribution in [0.2, 0.25) is 10.0 Å². The number of hydrogen-bond donors (Lipinski definition) is 2. The molecule has 4 heteroatoms. The van der Waals surface area contributed by atoms with E-state index < -0.39 is 0 Å². The van der Waals surface area contributed by atoms with Crippen LogP contribution in [-0.4, -0.2) is 18.1 Å². The molecule has 0 aliphatic heterocycles. The maximum Gasteiger partial charge on any atom is 0.0451 e. The number of nitrogens with one attached hydrogen (secondary N) is 2. The number of benzene rings is 1. The molecule has 0 fully saturated rings. The average Bonchev–Trinajstić information content (AvgIpc) is 2.26. The van der Waals surface area contributed by atoms with Crippen molar-refractivity contribution in [1.82, 2.24) is 10.6 Å². The molecule has 1 aromatic rings. The van der Waals surface area contributed by atoms with Crippen molar-refractivity contribution in [3.05, 3.63) is 33.8 Å². The van der Waals surface area contributed by atoms with Crippen LogP contribution in [0.25, 0.3) is 0 Å². The molecule has 0 amide bonds. The third-order valence-electron chi connectivity index (χ3n) is 2.59. The maximum atomic E-state index is 6.12. The Hall–Kier alpha value is -0.280. The fraction of sp³-hybridized carbons (Fsp3) is 0.571. The standard InChI is InChI=1S/C14H22Cl2N2/c1-10(8-18-14(2,3)4)17-9-11-7-12(15)5-6-13(11)16/h5-7,10,17-18H,8-9H2,1-4H3. The van der Waals surface area contributed by atoms with Gasteiger partial charge in [-0.05, 0) is 51.5 Å². The van der Waals surface area contributed by atoms with Crippen LogP contribution in [0.4, 0.5) is 0 Å². The molecule has 0 radical (unpaired) electrons. The molecule has 0 aromatic heterocycles. The van der Waals surface area contributed by atoms with E-state index in [0.29, 0.717) is 6.04 Å². The van der Waals surface area contributed by atoms with Crippen LogP contribution in [0.3, 0.4) is 0 Å². The highest BCUT2D eigenvalue weighted by Gasteiger charge is 2.11. The van der Waals surface area contributed by atoms with Crippen molar-refractivity contribution in [2.24, 2.45) is 0 Å². The Bertz CT molecular complexity index is 386. The fourth-order valence-electron chi connectivity index (χ4n) is 1.49. The molecule has 102 valence electrons. The van der Waals surface area contributed by atoms with Gasteiger partial charge in [0.1, 0.15) is 0 Å². The van der Waals surface area contributed by atoms with Gasteiger partial charge < -0.3 is 10.6 Å². The lowest BCUT2D eigenvalue weighted by Gasteiger charge is -2.24.